The summed E-state index contributed by atoms with van der Waals surface area (Å²) in [5.41, 5.74) is 10.5. The van der Waals surface area contributed by atoms with Crippen molar-refractivity contribution in [3.8, 4) is 28.7 Å². The van der Waals surface area contributed by atoms with Crippen LogP contribution in [-0.4, -0.2) is 19.5 Å². The number of para-hydroxylation sites is 1. The van der Waals surface area contributed by atoms with Gasteiger partial charge in [-0.1, -0.05) is 126 Å². The van der Waals surface area contributed by atoms with Crippen molar-refractivity contribution in [2.24, 2.45) is 0 Å². The fraction of sp³-hybridized carbons (Fsp3) is 0.188. The molecule has 0 saturated carbocycles. The lowest BCUT2D eigenvalue weighted by Gasteiger charge is -2.37. The summed E-state index contributed by atoms with van der Waals surface area (Å²) < 4.78 is 8.85. The topological polar surface area (TPSA) is 52.8 Å². The van der Waals surface area contributed by atoms with Crippen molar-refractivity contribution in [2.75, 3.05) is 0 Å². The quantitative estimate of drug-likeness (QED) is 0.180. The summed E-state index contributed by atoms with van der Waals surface area (Å²) in [6, 6.07) is 47.1. The molecule has 0 aliphatic heterocycles. The van der Waals surface area contributed by atoms with Gasteiger partial charge >= 0.3 is 0 Å². The van der Waals surface area contributed by atoms with Crippen molar-refractivity contribution in [2.45, 2.75) is 57.8 Å². The Morgan fingerprint density at radius 3 is 1.98 bits per heavy atom. The lowest BCUT2D eigenvalue weighted by molar-refractivity contribution is 0.464. The van der Waals surface area contributed by atoms with Crippen molar-refractivity contribution in [3.05, 3.63) is 179 Å². The minimum atomic E-state index is -0.560. The van der Waals surface area contributed by atoms with E-state index in [4.69, 9.17) is 19.7 Å². The Hall–Kier alpha value is -6.07. The molecule has 5 heteroatoms. The van der Waals surface area contributed by atoms with Gasteiger partial charge in [0.1, 0.15) is 11.6 Å². The smallest absolute Gasteiger partial charge is 0.221 e. The second-order valence-corrected chi connectivity index (χ2v) is 16.1. The summed E-state index contributed by atoms with van der Waals surface area (Å²) >= 11 is 0. The number of rotatable bonds is 5. The predicted octanol–water partition coefficient (Wildman–Crippen LogP) is 11.7. The molecule has 1 aliphatic rings. The number of hydrogen-bond donors (Lipinski definition) is 0. The Balaban J connectivity index is 1.23. The normalized spacial score (nSPS) is 13.6. The highest BCUT2D eigenvalue weighted by atomic mass is 16.5. The zero-order valence-corrected chi connectivity index (χ0v) is 31.1. The molecular formula is C48H42N4O. The van der Waals surface area contributed by atoms with Crippen molar-refractivity contribution >= 4 is 21.9 Å². The molecule has 0 unspecified atom stereocenters. The van der Waals surface area contributed by atoms with E-state index < -0.39 is 5.41 Å². The maximum absolute atomic E-state index is 6.70. The third-order valence-corrected chi connectivity index (χ3v) is 10.8. The van der Waals surface area contributed by atoms with Gasteiger partial charge in [0.25, 0.3) is 0 Å². The highest BCUT2D eigenvalue weighted by Gasteiger charge is 2.49. The van der Waals surface area contributed by atoms with E-state index in [0.29, 0.717) is 11.6 Å². The number of benzene rings is 4. The largest absolute Gasteiger partial charge is 0.439 e. The first-order valence-corrected chi connectivity index (χ1v) is 18.4. The van der Waals surface area contributed by atoms with Gasteiger partial charge in [0.05, 0.1) is 16.6 Å². The summed E-state index contributed by atoms with van der Waals surface area (Å²) in [5, 5.41) is 2.17. The third-order valence-electron chi connectivity index (χ3n) is 10.8. The Bertz CT molecular complexity index is 2620. The third kappa shape index (κ3) is 5.17. The number of nitrogens with zero attached hydrogens (tertiary/aromatic N) is 4. The van der Waals surface area contributed by atoms with Crippen LogP contribution in [-0.2, 0) is 16.2 Å². The molecule has 9 rings (SSSR count). The van der Waals surface area contributed by atoms with E-state index in [2.05, 4.69) is 174 Å². The first-order valence-electron chi connectivity index (χ1n) is 18.4. The van der Waals surface area contributed by atoms with Gasteiger partial charge in [0, 0.05) is 40.4 Å². The minimum absolute atomic E-state index is 0.0224. The van der Waals surface area contributed by atoms with Crippen LogP contribution in [0.1, 0.15) is 74.9 Å². The average Bonchev–Trinajstić information content (AvgIpc) is 3.65. The molecule has 4 aromatic carbocycles. The van der Waals surface area contributed by atoms with Crippen LogP contribution in [0.25, 0.3) is 39.0 Å². The number of hydrogen-bond acceptors (Lipinski definition) is 4. The van der Waals surface area contributed by atoms with Crippen LogP contribution in [0.15, 0.2) is 146 Å². The molecule has 0 bridgehead atoms. The number of ether oxygens (including phenoxy) is 1. The van der Waals surface area contributed by atoms with Gasteiger partial charge in [-0.2, -0.15) is 4.98 Å². The zero-order valence-electron chi connectivity index (χ0n) is 31.1. The molecular weight excluding hydrogens is 649 g/mol. The monoisotopic (exact) mass is 690 g/mol. The summed E-state index contributed by atoms with van der Waals surface area (Å²) in [6.07, 6.45) is 3.85. The van der Waals surface area contributed by atoms with E-state index in [1.807, 2.05) is 18.5 Å². The van der Waals surface area contributed by atoms with Gasteiger partial charge < -0.3 is 4.74 Å². The summed E-state index contributed by atoms with van der Waals surface area (Å²) in [7, 11) is 0. The van der Waals surface area contributed by atoms with Crippen molar-refractivity contribution in [1.29, 1.82) is 0 Å². The van der Waals surface area contributed by atoms with Crippen LogP contribution in [0.3, 0.4) is 0 Å². The summed E-state index contributed by atoms with van der Waals surface area (Å²) in [4.78, 5) is 15.1. The second kappa shape index (κ2) is 12.0. The van der Waals surface area contributed by atoms with Crippen LogP contribution < -0.4 is 4.74 Å². The molecule has 1 aliphatic carbocycles. The molecule has 0 amide bonds. The highest BCUT2D eigenvalue weighted by Crippen LogP contribution is 2.58. The molecule has 0 fully saturated rings. The SMILES string of the molecule is CC(C)(C)c1ccnc(-n2c3ccccc3c3ccc(Oc4ccc5c(c4)-c4nccc(C(C)(C)C)c4C5(c4ccccc4)c4ccccc4)nc32)c1. The Labute approximate surface area is 311 Å². The molecule has 0 radical (unpaired) electrons. The van der Waals surface area contributed by atoms with E-state index in [-0.39, 0.29) is 10.8 Å². The Kier molecular flexibility index (Phi) is 7.42. The number of fused-ring (bicyclic) bond motifs is 6. The number of pyridine rings is 3. The van der Waals surface area contributed by atoms with Crippen LogP contribution in [0.5, 0.6) is 11.6 Å². The van der Waals surface area contributed by atoms with Crippen LogP contribution in [0.2, 0.25) is 0 Å². The lowest BCUT2D eigenvalue weighted by atomic mass is 9.64. The molecule has 4 aromatic heterocycles. The predicted molar refractivity (Wildman–Crippen MR) is 215 cm³/mol. The van der Waals surface area contributed by atoms with Gasteiger partial charge in [-0.05, 0) is 81.1 Å². The summed E-state index contributed by atoms with van der Waals surface area (Å²) in [6.45, 7) is 13.5. The van der Waals surface area contributed by atoms with Crippen molar-refractivity contribution in [1.82, 2.24) is 19.5 Å². The molecule has 4 heterocycles. The first kappa shape index (κ1) is 32.8. The molecule has 5 nitrogen and oxygen atoms in total. The molecule has 53 heavy (non-hydrogen) atoms. The van der Waals surface area contributed by atoms with E-state index in [0.717, 1.165) is 39.0 Å². The summed E-state index contributed by atoms with van der Waals surface area (Å²) in [5.74, 6) is 2.05. The van der Waals surface area contributed by atoms with Gasteiger partial charge in [-0.25, -0.2) is 4.98 Å². The standard InChI is InChI=1S/C48H42N4O/c1-46(2,3)33-25-27-49-41(29-33)52-40-20-14-13-19-35(40)36-22-24-42(51-45(36)52)53-34-21-23-38-37(30-34)44-43(39(26-28-50-44)47(4,5)6)48(38,31-15-9-7-10-16-31)32-17-11-8-12-18-32/h7-30H,1-6H3. The van der Waals surface area contributed by atoms with Crippen LogP contribution >= 0.6 is 0 Å². The van der Waals surface area contributed by atoms with E-state index in [9.17, 15) is 0 Å². The average molecular weight is 691 g/mol. The maximum atomic E-state index is 6.70. The Morgan fingerprint density at radius 1 is 0.604 bits per heavy atom. The second-order valence-electron chi connectivity index (χ2n) is 16.1. The van der Waals surface area contributed by atoms with Crippen LogP contribution in [0, 0.1) is 0 Å². The van der Waals surface area contributed by atoms with Crippen LogP contribution in [0.4, 0.5) is 0 Å². The molecule has 0 N–H and O–H groups in total. The lowest BCUT2D eigenvalue weighted by Crippen LogP contribution is -2.32. The van der Waals surface area contributed by atoms with Crippen molar-refractivity contribution in [3.63, 3.8) is 0 Å². The van der Waals surface area contributed by atoms with Gasteiger partial charge in [-0.15, -0.1) is 0 Å². The first-order chi connectivity index (χ1) is 25.5. The van der Waals surface area contributed by atoms with E-state index >= 15 is 0 Å². The molecule has 0 atom stereocenters. The minimum Gasteiger partial charge on any atom is -0.439 e. The molecule has 8 aromatic rings. The van der Waals surface area contributed by atoms with Crippen molar-refractivity contribution < 1.29 is 4.74 Å². The van der Waals surface area contributed by atoms with Gasteiger partial charge in [-0.3, -0.25) is 9.55 Å². The van der Waals surface area contributed by atoms with Gasteiger partial charge in [0.15, 0.2) is 5.65 Å². The maximum Gasteiger partial charge on any atom is 0.221 e. The molecule has 0 spiro atoms. The fourth-order valence-corrected chi connectivity index (χ4v) is 8.30. The van der Waals surface area contributed by atoms with Gasteiger partial charge in [0.2, 0.25) is 5.88 Å². The molecule has 260 valence electrons. The van der Waals surface area contributed by atoms with E-state index in [1.54, 1.807) is 0 Å². The zero-order chi connectivity index (χ0) is 36.5. The molecule has 0 saturated heterocycles. The fourth-order valence-electron chi connectivity index (χ4n) is 8.30. The highest BCUT2D eigenvalue weighted by molar-refractivity contribution is 6.07. The number of aromatic nitrogens is 4. The van der Waals surface area contributed by atoms with E-state index in [1.165, 1.54) is 33.4 Å². The Morgan fingerprint density at radius 2 is 1.28 bits per heavy atom.